The first-order valence-corrected chi connectivity index (χ1v) is 10.3. The first-order valence-electron chi connectivity index (χ1n) is 7.89. The van der Waals surface area contributed by atoms with Crippen LogP contribution in [0.1, 0.15) is 46.0 Å². The van der Waals surface area contributed by atoms with E-state index in [1.165, 1.54) is 11.3 Å². The van der Waals surface area contributed by atoms with Gasteiger partial charge >= 0.3 is 0 Å². The standard InChI is InChI=1S/C16H22N4O2S3/c1-10(2)8-11-13(20-16(25-11)15-19-6-7-24-15)14(22)18-5-3-4-17-12(21)9-23/h6-8,15,19,23H,3-5,9H2,1-2H3,(H,17,21)(H,18,22). The quantitative estimate of drug-likeness (QED) is 0.400. The van der Waals surface area contributed by atoms with E-state index in [1.807, 2.05) is 31.5 Å². The van der Waals surface area contributed by atoms with Crippen LogP contribution in [0.4, 0.5) is 0 Å². The summed E-state index contributed by atoms with van der Waals surface area (Å²) in [5, 5.41) is 11.7. The summed E-state index contributed by atoms with van der Waals surface area (Å²) < 4.78 is 0. The van der Waals surface area contributed by atoms with Crippen molar-refractivity contribution in [1.82, 2.24) is 20.9 Å². The molecule has 1 aromatic heterocycles. The van der Waals surface area contributed by atoms with Gasteiger partial charge in [0.1, 0.15) is 16.1 Å². The molecule has 0 saturated heterocycles. The summed E-state index contributed by atoms with van der Waals surface area (Å²) >= 11 is 7.05. The maximum absolute atomic E-state index is 12.5. The zero-order chi connectivity index (χ0) is 18.2. The molecule has 2 heterocycles. The second kappa shape index (κ2) is 9.88. The Hall–Kier alpha value is -1.45. The smallest absolute Gasteiger partial charge is 0.271 e. The van der Waals surface area contributed by atoms with Gasteiger partial charge in [0, 0.05) is 19.3 Å². The van der Waals surface area contributed by atoms with Gasteiger partial charge in [0.15, 0.2) is 0 Å². The Morgan fingerprint density at radius 1 is 1.36 bits per heavy atom. The highest BCUT2D eigenvalue weighted by Crippen LogP contribution is 2.35. The van der Waals surface area contributed by atoms with E-state index >= 15 is 0 Å². The van der Waals surface area contributed by atoms with Gasteiger partial charge in [0.2, 0.25) is 5.91 Å². The van der Waals surface area contributed by atoms with Crippen LogP contribution in [-0.4, -0.2) is 35.6 Å². The molecule has 1 aliphatic heterocycles. The summed E-state index contributed by atoms with van der Waals surface area (Å²) in [6, 6.07) is 0. The van der Waals surface area contributed by atoms with Gasteiger partial charge in [-0.2, -0.15) is 12.6 Å². The van der Waals surface area contributed by atoms with Crippen LogP contribution in [0, 0.1) is 0 Å². The summed E-state index contributed by atoms with van der Waals surface area (Å²) in [6.45, 7) is 4.98. The van der Waals surface area contributed by atoms with Gasteiger partial charge in [-0.3, -0.25) is 9.59 Å². The molecule has 136 valence electrons. The Morgan fingerprint density at radius 3 is 2.76 bits per heavy atom. The number of carbonyl (C=O) groups excluding carboxylic acids is 2. The molecular formula is C16H22N4O2S3. The molecule has 0 spiro atoms. The number of amides is 2. The van der Waals surface area contributed by atoms with Gasteiger partial charge in [-0.05, 0) is 31.8 Å². The predicted molar refractivity (Wildman–Crippen MR) is 108 cm³/mol. The molecule has 0 saturated carbocycles. The lowest BCUT2D eigenvalue weighted by Gasteiger charge is -2.06. The minimum Gasteiger partial charge on any atom is -0.373 e. The average Bonchev–Trinajstić information content (AvgIpc) is 3.23. The van der Waals surface area contributed by atoms with Crippen LogP contribution < -0.4 is 16.0 Å². The second-order valence-corrected chi connectivity index (χ2v) is 7.98. The van der Waals surface area contributed by atoms with Gasteiger partial charge < -0.3 is 16.0 Å². The number of hydrogen-bond donors (Lipinski definition) is 4. The van der Waals surface area contributed by atoms with Crippen molar-refractivity contribution in [2.24, 2.45) is 0 Å². The van der Waals surface area contributed by atoms with E-state index in [0.717, 1.165) is 15.5 Å². The molecule has 1 aliphatic rings. The van der Waals surface area contributed by atoms with Gasteiger partial charge in [-0.1, -0.05) is 5.57 Å². The van der Waals surface area contributed by atoms with E-state index in [0.29, 0.717) is 25.2 Å². The maximum Gasteiger partial charge on any atom is 0.271 e. The number of thioether (sulfide) groups is 1. The third kappa shape index (κ3) is 6.09. The van der Waals surface area contributed by atoms with Gasteiger partial charge in [0.05, 0.1) is 10.6 Å². The van der Waals surface area contributed by atoms with Gasteiger partial charge in [0.25, 0.3) is 5.91 Å². The zero-order valence-electron chi connectivity index (χ0n) is 14.2. The number of nitrogens with zero attached hydrogens (tertiary/aromatic N) is 1. The van der Waals surface area contributed by atoms with E-state index in [2.05, 4.69) is 33.6 Å². The molecule has 0 aliphatic carbocycles. The molecule has 1 aromatic rings. The summed E-state index contributed by atoms with van der Waals surface area (Å²) in [4.78, 5) is 29.0. The van der Waals surface area contributed by atoms with Crippen LogP contribution in [0.5, 0.6) is 0 Å². The number of hydrogen-bond acceptors (Lipinski definition) is 7. The van der Waals surface area contributed by atoms with E-state index in [9.17, 15) is 9.59 Å². The highest BCUT2D eigenvalue weighted by molar-refractivity contribution is 8.02. The monoisotopic (exact) mass is 398 g/mol. The minimum atomic E-state index is -0.188. The molecule has 0 aromatic carbocycles. The van der Waals surface area contributed by atoms with Crippen molar-refractivity contribution in [3.8, 4) is 0 Å². The Bertz CT molecular complexity index is 673. The second-order valence-electron chi connectivity index (χ2n) is 5.59. The van der Waals surface area contributed by atoms with E-state index in [-0.39, 0.29) is 22.9 Å². The lowest BCUT2D eigenvalue weighted by molar-refractivity contribution is -0.118. The first kappa shape index (κ1) is 19.9. The largest absolute Gasteiger partial charge is 0.373 e. The third-order valence-electron chi connectivity index (χ3n) is 3.16. The summed E-state index contributed by atoms with van der Waals surface area (Å²) in [6.07, 6.45) is 4.52. The average molecular weight is 399 g/mol. The molecule has 0 fully saturated rings. The normalized spacial score (nSPS) is 15.6. The molecule has 0 radical (unpaired) electrons. The van der Waals surface area contributed by atoms with Crippen molar-refractivity contribution in [2.45, 2.75) is 25.6 Å². The summed E-state index contributed by atoms with van der Waals surface area (Å²) in [5.74, 6) is -0.131. The molecule has 9 heteroatoms. The highest BCUT2D eigenvalue weighted by Gasteiger charge is 2.22. The fraction of sp³-hybridized carbons (Fsp3) is 0.438. The maximum atomic E-state index is 12.5. The van der Waals surface area contributed by atoms with Crippen LogP contribution in [0.15, 0.2) is 17.2 Å². The molecule has 0 bridgehead atoms. The molecule has 6 nitrogen and oxygen atoms in total. The fourth-order valence-corrected chi connectivity index (χ4v) is 4.19. The summed E-state index contributed by atoms with van der Waals surface area (Å²) in [7, 11) is 0. The predicted octanol–water partition coefficient (Wildman–Crippen LogP) is 2.54. The van der Waals surface area contributed by atoms with Crippen LogP contribution >= 0.6 is 35.7 Å². The number of allylic oxidation sites excluding steroid dienone is 1. The van der Waals surface area contributed by atoms with Crippen LogP contribution in [0.25, 0.3) is 6.08 Å². The number of thiazole rings is 1. The third-order valence-corrected chi connectivity index (χ3v) is 5.59. The van der Waals surface area contributed by atoms with Crippen molar-refractivity contribution in [3.63, 3.8) is 0 Å². The SMILES string of the molecule is CC(C)=Cc1sc(C2NC=CS2)nc1C(=O)NCCCNC(=O)CS. The van der Waals surface area contributed by atoms with Crippen molar-refractivity contribution < 1.29 is 9.59 Å². The molecule has 25 heavy (non-hydrogen) atoms. The van der Waals surface area contributed by atoms with Crippen molar-refractivity contribution in [1.29, 1.82) is 0 Å². The Balaban J connectivity index is 1.97. The lowest BCUT2D eigenvalue weighted by Crippen LogP contribution is -2.30. The van der Waals surface area contributed by atoms with Crippen LogP contribution in [-0.2, 0) is 4.79 Å². The number of thiol groups is 1. The number of aromatic nitrogens is 1. The molecule has 1 atom stereocenters. The van der Waals surface area contributed by atoms with Crippen molar-refractivity contribution in [3.05, 3.63) is 32.8 Å². The Morgan fingerprint density at radius 2 is 2.12 bits per heavy atom. The topological polar surface area (TPSA) is 83.1 Å². The number of carbonyl (C=O) groups is 2. The first-order chi connectivity index (χ1) is 12.0. The van der Waals surface area contributed by atoms with Gasteiger partial charge in [-0.25, -0.2) is 4.98 Å². The molecule has 2 amide bonds. The van der Waals surface area contributed by atoms with Crippen LogP contribution in [0.2, 0.25) is 0 Å². The van der Waals surface area contributed by atoms with E-state index < -0.39 is 0 Å². The van der Waals surface area contributed by atoms with E-state index in [1.54, 1.807) is 11.8 Å². The van der Waals surface area contributed by atoms with Crippen LogP contribution in [0.3, 0.4) is 0 Å². The Labute approximate surface area is 161 Å². The number of rotatable bonds is 8. The minimum absolute atomic E-state index is 0.0623. The highest BCUT2D eigenvalue weighted by atomic mass is 32.2. The molecular weight excluding hydrogens is 376 g/mol. The molecule has 1 unspecified atom stereocenters. The molecule has 2 rings (SSSR count). The molecule has 3 N–H and O–H groups in total. The number of nitrogens with one attached hydrogen (secondary N) is 3. The van der Waals surface area contributed by atoms with Crippen molar-refractivity contribution >= 4 is 53.6 Å². The van der Waals surface area contributed by atoms with E-state index in [4.69, 9.17) is 0 Å². The zero-order valence-corrected chi connectivity index (χ0v) is 16.7. The van der Waals surface area contributed by atoms with Crippen molar-refractivity contribution in [2.75, 3.05) is 18.8 Å². The summed E-state index contributed by atoms with van der Waals surface area (Å²) in [5.41, 5.74) is 1.57. The fourth-order valence-electron chi connectivity index (χ4n) is 2.05. The van der Waals surface area contributed by atoms with Gasteiger partial charge in [-0.15, -0.1) is 23.1 Å². The lowest BCUT2D eigenvalue weighted by atomic mass is 10.2. The Kier molecular flexibility index (Phi) is 7.86.